The number of aromatic nitrogens is 1. The van der Waals surface area contributed by atoms with E-state index < -0.39 is 0 Å². The maximum absolute atomic E-state index is 5.61. The molecule has 1 atom stereocenters. The Labute approximate surface area is 96.8 Å². The van der Waals surface area contributed by atoms with Gasteiger partial charge in [-0.2, -0.15) is 0 Å². The number of nitrogens with two attached hydrogens (primary N) is 1. The Bertz CT molecular complexity index is 335. The Morgan fingerprint density at radius 2 is 2.44 bits per heavy atom. The van der Waals surface area contributed by atoms with Gasteiger partial charge in [0.15, 0.2) is 5.76 Å². The van der Waals surface area contributed by atoms with E-state index in [-0.39, 0.29) is 0 Å². The van der Waals surface area contributed by atoms with E-state index >= 15 is 0 Å². The van der Waals surface area contributed by atoms with Crippen LogP contribution in [0.2, 0.25) is 0 Å². The molecule has 0 saturated carbocycles. The van der Waals surface area contributed by atoms with Gasteiger partial charge >= 0.3 is 0 Å². The largest absolute Gasteiger partial charge is 0.359 e. The lowest BCUT2D eigenvalue weighted by atomic mass is 10.1. The van der Waals surface area contributed by atoms with Crippen LogP contribution >= 0.6 is 0 Å². The molecule has 0 aliphatic carbocycles. The smallest absolute Gasteiger partial charge is 0.154 e. The molecule has 1 aromatic rings. The zero-order valence-electron chi connectivity index (χ0n) is 10.1. The molecule has 0 unspecified atom stereocenters. The molecule has 4 heteroatoms. The molecule has 1 aromatic heterocycles. The third-order valence-electron chi connectivity index (χ3n) is 3.25. The van der Waals surface area contributed by atoms with Crippen LogP contribution in [0.1, 0.15) is 50.1 Å². The Morgan fingerprint density at radius 1 is 1.62 bits per heavy atom. The molecular formula is C12H21N3O. The van der Waals surface area contributed by atoms with Crippen molar-refractivity contribution in [2.45, 2.75) is 38.6 Å². The van der Waals surface area contributed by atoms with E-state index in [0.29, 0.717) is 18.5 Å². The van der Waals surface area contributed by atoms with E-state index in [4.69, 9.17) is 10.3 Å². The van der Waals surface area contributed by atoms with Crippen molar-refractivity contribution in [1.82, 2.24) is 10.1 Å². The van der Waals surface area contributed by atoms with Crippen LogP contribution in [0.15, 0.2) is 10.6 Å². The van der Waals surface area contributed by atoms with E-state index in [1.54, 1.807) is 0 Å². The third-order valence-corrected chi connectivity index (χ3v) is 3.25. The van der Waals surface area contributed by atoms with Gasteiger partial charge in [-0.15, -0.1) is 0 Å². The second-order valence-corrected chi connectivity index (χ2v) is 4.79. The Balaban J connectivity index is 2.10. The molecule has 4 nitrogen and oxygen atoms in total. The Hall–Kier alpha value is -0.870. The van der Waals surface area contributed by atoms with Crippen molar-refractivity contribution in [1.29, 1.82) is 0 Å². The lowest BCUT2D eigenvalue weighted by molar-refractivity contribution is 0.218. The topological polar surface area (TPSA) is 55.3 Å². The number of rotatable bonds is 4. The average Bonchev–Trinajstić information content (AvgIpc) is 2.84. The Kier molecular flexibility index (Phi) is 3.61. The highest BCUT2D eigenvalue weighted by Crippen LogP contribution is 2.32. The van der Waals surface area contributed by atoms with Crippen LogP contribution in [0.4, 0.5) is 0 Å². The molecule has 16 heavy (non-hydrogen) atoms. The second kappa shape index (κ2) is 4.97. The van der Waals surface area contributed by atoms with Gasteiger partial charge in [-0.3, -0.25) is 4.90 Å². The highest BCUT2D eigenvalue weighted by Gasteiger charge is 2.28. The summed E-state index contributed by atoms with van der Waals surface area (Å²) in [6.07, 6.45) is 2.38. The summed E-state index contributed by atoms with van der Waals surface area (Å²) in [7, 11) is 0. The molecular weight excluding hydrogens is 202 g/mol. The van der Waals surface area contributed by atoms with Gasteiger partial charge in [0.05, 0.1) is 11.7 Å². The highest BCUT2D eigenvalue weighted by molar-refractivity contribution is 5.13. The molecule has 0 aromatic carbocycles. The van der Waals surface area contributed by atoms with Gasteiger partial charge in [-0.05, 0) is 25.3 Å². The first-order valence-corrected chi connectivity index (χ1v) is 6.13. The summed E-state index contributed by atoms with van der Waals surface area (Å²) < 4.78 is 5.45. The number of nitrogens with zero attached hydrogens (tertiary/aromatic N) is 2. The summed E-state index contributed by atoms with van der Waals surface area (Å²) >= 11 is 0. The van der Waals surface area contributed by atoms with Gasteiger partial charge in [0.1, 0.15) is 0 Å². The summed E-state index contributed by atoms with van der Waals surface area (Å²) in [4.78, 5) is 2.39. The van der Waals surface area contributed by atoms with Crippen molar-refractivity contribution in [3.63, 3.8) is 0 Å². The molecule has 0 spiro atoms. The quantitative estimate of drug-likeness (QED) is 0.847. The van der Waals surface area contributed by atoms with Gasteiger partial charge < -0.3 is 10.3 Å². The maximum Gasteiger partial charge on any atom is 0.154 e. The molecule has 2 N–H and O–H groups in total. The fraction of sp³-hybridized carbons (Fsp3) is 0.750. The fourth-order valence-corrected chi connectivity index (χ4v) is 2.31. The summed E-state index contributed by atoms with van der Waals surface area (Å²) in [6, 6.07) is 2.49. The minimum absolute atomic E-state index is 0.392. The molecule has 2 heterocycles. The van der Waals surface area contributed by atoms with Crippen molar-refractivity contribution >= 4 is 0 Å². The van der Waals surface area contributed by atoms with Crippen molar-refractivity contribution in [3.8, 4) is 0 Å². The maximum atomic E-state index is 5.61. The standard InChI is InChI=1S/C12H21N3O/c1-9(2)10-8-12(16-14-10)11-4-3-6-15(11)7-5-13/h8-9,11H,3-7,13H2,1-2H3/t11-/m1/s1. The lowest BCUT2D eigenvalue weighted by Crippen LogP contribution is -2.28. The summed E-state index contributed by atoms with van der Waals surface area (Å²) in [5.41, 5.74) is 6.66. The summed E-state index contributed by atoms with van der Waals surface area (Å²) in [5.74, 6) is 1.44. The van der Waals surface area contributed by atoms with Crippen LogP contribution in [0.3, 0.4) is 0 Å². The van der Waals surface area contributed by atoms with E-state index in [0.717, 1.165) is 31.0 Å². The minimum atomic E-state index is 0.392. The van der Waals surface area contributed by atoms with E-state index in [9.17, 15) is 0 Å². The van der Waals surface area contributed by atoms with Crippen LogP contribution in [0.5, 0.6) is 0 Å². The summed E-state index contributed by atoms with van der Waals surface area (Å²) in [5, 5.41) is 4.12. The lowest BCUT2D eigenvalue weighted by Gasteiger charge is -2.20. The van der Waals surface area contributed by atoms with E-state index in [2.05, 4.69) is 30.0 Å². The number of hydrogen-bond donors (Lipinski definition) is 1. The molecule has 1 fully saturated rings. The zero-order chi connectivity index (χ0) is 11.5. The predicted molar refractivity (Wildman–Crippen MR) is 63.2 cm³/mol. The van der Waals surface area contributed by atoms with Crippen LogP contribution in [0, 0.1) is 0 Å². The fourth-order valence-electron chi connectivity index (χ4n) is 2.31. The van der Waals surface area contributed by atoms with Crippen LogP contribution in [0.25, 0.3) is 0 Å². The first kappa shape index (κ1) is 11.6. The van der Waals surface area contributed by atoms with Crippen molar-refractivity contribution in [2.75, 3.05) is 19.6 Å². The Morgan fingerprint density at radius 3 is 3.06 bits per heavy atom. The normalized spacial score (nSPS) is 22.1. The van der Waals surface area contributed by atoms with Gasteiger partial charge in [0.25, 0.3) is 0 Å². The van der Waals surface area contributed by atoms with Crippen molar-refractivity contribution in [2.24, 2.45) is 5.73 Å². The molecule has 1 saturated heterocycles. The van der Waals surface area contributed by atoms with Gasteiger partial charge in [-0.25, -0.2) is 0 Å². The first-order chi connectivity index (χ1) is 7.72. The van der Waals surface area contributed by atoms with Crippen LogP contribution in [-0.4, -0.2) is 29.7 Å². The average molecular weight is 223 g/mol. The van der Waals surface area contributed by atoms with E-state index in [1.165, 1.54) is 6.42 Å². The van der Waals surface area contributed by atoms with Gasteiger partial charge in [0.2, 0.25) is 0 Å². The molecule has 0 amide bonds. The van der Waals surface area contributed by atoms with E-state index in [1.807, 2.05) is 0 Å². The monoisotopic (exact) mass is 223 g/mol. The highest BCUT2D eigenvalue weighted by atomic mass is 16.5. The molecule has 0 bridgehead atoms. The predicted octanol–water partition coefficient (Wildman–Crippen LogP) is 1.89. The molecule has 2 rings (SSSR count). The molecule has 90 valence electrons. The molecule has 1 aliphatic heterocycles. The van der Waals surface area contributed by atoms with Gasteiger partial charge in [0, 0.05) is 19.2 Å². The van der Waals surface area contributed by atoms with Crippen molar-refractivity contribution in [3.05, 3.63) is 17.5 Å². The zero-order valence-corrected chi connectivity index (χ0v) is 10.1. The van der Waals surface area contributed by atoms with Crippen molar-refractivity contribution < 1.29 is 4.52 Å². The molecule has 1 aliphatic rings. The van der Waals surface area contributed by atoms with Gasteiger partial charge in [-0.1, -0.05) is 19.0 Å². The number of likely N-dealkylation sites (tertiary alicyclic amines) is 1. The minimum Gasteiger partial charge on any atom is -0.359 e. The first-order valence-electron chi connectivity index (χ1n) is 6.13. The van der Waals surface area contributed by atoms with Crippen LogP contribution in [-0.2, 0) is 0 Å². The summed E-state index contributed by atoms with van der Waals surface area (Å²) in [6.45, 7) is 7.05. The third kappa shape index (κ3) is 2.28. The van der Waals surface area contributed by atoms with Crippen LogP contribution < -0.4 is 5.73 Å². The SMILES string of the molecule is CC(C)c1cc([C@H]2CCCN2CCN)on1. The number of hydrogen-bond acceptors (Lipinski definition) is 4. The second-order valence-electron chi connectivity index (χ2n) is 4.79. The molecule has 0 radical (unpaired) electrons.